The summed E-state index contributed by atoms with van der Waals surface area (Å²) >= 11 is 0. The molecular formula is C12H8FN3O2S. The fraction of sp³-hybridized carbons (Fsp3) is 0. The third-order valence-corrected chi connectivity index (χ3v) is 3.89. The van der Waals surface area contributed by atoms with Gasteiger partial charge in [0.2, 0.25) is 0 Å². The molecule has 0 aliphatic carbocycles. The van der Waals surface area contributed by atoms with E-state index < -0.39 is 15.8 Å². The van der Waals surface area contributed by atoms with Crippen molar-refractivity contribution >= 4 is 27.9 Å². The zero-order chi connectivity index (χ0) is 13.5. The van der Waals surface area contributed by atoms with Gasteiger partial charge in [-0.2, -0.15) is 8.42 Å². The minimum Gasteiger partial charge on any atom is -0.283 e. The highest BCUT2D eigenvalue weighted by molar-refractivity contribution is 7.90. The molecule has 5 nitrogen and oxygen atoms in total. The Morgan fingerprint density at radius 2 is 2.00 bits per heavy atom. The van der Waals surface area contributed by atoms with Crippen molar-refractivity contribution < 1.29 is 12.8 Å². The maximum absolute atomic E-state index is 13.2. The molecule has 0 saturated carbocycles. The molecule has 1 aromatic heterocycles. The van der Waals surface area contributed by atoms with Crippen LogP contribution in [0.4, 0.5) is 15.9 Å². The van der Waals surface area contributed by atoms with Gasteiger partial charge in [-0.3, -0.25) is 4.90 Å². The first-order valence-electron chi connectivity index (χ1n) is 5.38. The van der Waals surface area contributed by atoms with Crippen LogP contribution in [0.15, 0.2) is 51.9 Å². The molecule has 1 aromatic carbocycles. The minimum absolute atomic E-state index is 0.00163. The quantitative estimate of drug-likeness (QED) is 0.800. The molecule has 19 heavy (non-hydrogen) atoms. The Morgan fingerprint density at radius 1 is 1.16 bits per heavy atom. The topological polar surface area (TPSA) is 62.6 Å². The maximum atomic E-state index is 13.2. The van der Waals surface area contributed by atoms with Crippen LogP contribution in [0.2, 0.25) is 0 Å². The van der Waals surface area contributed by atoms with Crippen molar-refractivity contribution in [3.63, 3.8) is 0 Å². The van der Waals surface area contributed by atoms with Gasteiger partial charge in [-0.1, -0.05) is 6.07 Å². The van der Waals surface area contributed by atoms with E-state index in [0.29, 0.717) is 5.69 Å². The van der Waals surface area contributed by atoms with Crippen LogP contribution in [0, 0.1) is 5.82 Å². The van der Waals surface area contributed by atoms with Gasteiger partial charge < -0.3 is 0 Å². The Morgan fingerprint density at radius 3 is 2.79 bits per heavy atom. The molecule has 0 amide bonds. The van der Waals surface area contributed by atoms with Gasteiger partial charge in [-0.15, -0.1) is 4.40 Å². The zero-order valence-electron chi connectivity index (χ0n) is 9.56. The summed E-state index contributed by atoms with van der Waals surface area (Å²) < 4.78 is 40.3. The van der Waals surface area contributed by atoms with Gasteiger partial charge in [0, 0.05) is 6.20 Å². The molecular weight excluding hydrogens is 269 g/mol. The van der Waals surface area contributed by atoms with Crippen LogP contribution in [0.5, 0.6) is 0 Å². The second-order valence-electron chi connectivity index (χ2n) is 3.87. The van der Waals surface area contributed by atoms with Crippen LogP contribution in [0.1, 0.15) is 0 Å². The van der Waals surface area contributed by atoms with Gasteiger partial charge in [0.1, 0.15) is 17.1 Å². The van der Waals surface area contributed by atoms with E-state index in [1.54, 1.807) is 6.07 Å². The number of hydrogen-bond donors (Lipinski definition) is 0. The molecule has 0 N–H and O–H groups in total. The highest BCUT2D eigenvalue weighted by Gasteiger charge is 2.27. The Bertz CT molecular complexity index is 774. The van der Waals surface area contributed by atoms with E-state index in [2.05, 4.69) is 9.38 Å². The summed E-state index contributed by atoms with van der Waals surface area (Å²) in [7, 11) is -3.72. The third kappa shape index (κ3) is 1.97. The predicted molar refractivity (Wildman–Crippen MR) is 68.5 cm³/mol. The van der Waals surface area contributed by atoms with Crippen molar-refractivity contribution in [2.45, 2.75) is 4.90 Å². The molecule has 0 atom stereocenters. The summed E-state index contributed by atoms with van der Waals surface area (Å²) in [5.41, 5.74) is 0.457. The summed E-state index contributed by atoms with van der Waals surface area (Å²) in [5, 5.41) is 0. The van der Waals surface area contributed by atoms with Gasteiger partial charge in [0.25, 0.3) is 10.0 Å². The third-order valence-electron chi connectivity index (χ3n) is 2.64. The van der Waals surface area contributed by atoms with Crippen LogP contribution in [0.3, 0.4) is 0 Å². The lowest BCUT2D eigenvalue weighted by Gasteiger charge is -2.23. The van der Waals surface area contributed by atoms with E-state index in [1.165, 1.54) is 41.4 Å². The van der Waals surface area contributed by atoms with Crippen molar-refractivity contribution in [1.82, 2.24) is 4.98 Å². The molecule has 7 heteroatoms. The molecule has 1 aliphatic rings. The largest absolute Gasteiger partial charge is 0.287 e. The van der Waals surface area contributed by atoms with Crippen molar-refractivity contribution in [2.24, 2.45) is 4.40 Å². The molecule has 96 valence electrons. The molecule has 0 radical (unpaired) electrons. The second-order valence-corrected chi connectivity index (χ2v) is 5.47. The summed E-state index contributed by atoms with van der Waals surface area (Å²) in [6, 6.07) is 8.69. The van der Waals surface area contributed by atoms with Crippen molar-refractivity contribution in [2.75, 3.05) is 4.90 Å². The molecule has 3 rings (SSSR count). The van der Waals surface area contributed by atoms with E-state index in [-0.39, 0.29) is 10.7 Å². The number of fused-ring (bicyclic) bond motifs is 1. The average molecular weight is 277 g/mol. The molecule has 0 saturated heterocycles. The summed E-state index contributed by atoms with van der Waals surface area (Å²) in [4.78, 5) is 5.47. The molecule has 2 aromatic rings. The molecule has 1 aliphatic heterocycles. The second kappa shape index (κ2) is 4.13. The predicted octanol–water partition coefficient (Wildman–Crippen LogP) is 2.09. The van der Waals surface area contributed by atoms with Gasteiger partial charge in [-0.05, 0) is 30.3 Å². The normalized spacial score (nSPS) is 16.2. The number of aromatic nitrogens is 1. The highest BCUT2D eigenvalue weighted by atomic mass is 32.2. The van der Waals surface area contributed by atoms with Crippen LogP contribution in [0.25, 0.3) is 0 Å². The van der Waals surface area contributed by atoms with Crippen LogP contribution < -0.4 is 4.90 Å². The SMILES string of the molecule is O=S1(=O)N=CN(c2cccc(F)c2)c2ncccc21. The number of rotatable bonds is 1. The fourth-order valence-corrected chi connectivity index (χ4v) is 2.76. The lowest BCUT2D eigenvalue weighted by molar-refractivity contribution is 0.597. The number of benzene rings is 1. The first-order valence-corrected chi connectivity index (χ1v) is 6.82. The zero-order valence-corrected chi connectivity index (χ0v) is 10.4. The molecule has 0 bridgehead atoms. The van der Waals surface area contributed by atoms with E-state index in [4.69, 9.17) is 0 Å². The minimum atomic E-state index is -3.72. The van der Waals surface area contributed by atoms with Crippen molar-refractivity contribution in [3.8, 4) is 0 Å². The Labute approximate surface area is 109 Å². The van der Waals surface area contributed by atoms with Crippen LogP contribution in [-0.4, -0.2) is 19.7 Å². The van der Waals surface area contributed by atoms with Gasteiger partial charge in [0.15, 0.2) is 5.82 Å². The first-order chi connectivity index (χ1) is 9.08. The molecule has 0 unspecified atom stereocenters. The monoisotopic (exact) mass is 277 g/mol. The van der Waals surface area contributed by atoms with E-state index >= 15 is 0 Å². The number of halogens is 1. The summed E-state index contributed by atoms with van der Waals surface area (Å²) in [6.07, 6.45) is 2.60. The van der Waals surface area contributed by atoms with Gasteiger partial charge in [0.05, 0.1) is 5.69 Å². The molecule has 0 spiro atoms. The lowest BCUT2D eigenvalue weighted by Crippen LogP contribution is -2.23. The van der Waals surface area contributed by atoms with Crippen molar-refractivity contribution in [1.29, 1.82) is 0 Å². The van der Waals surface area contributed by atoms with Gasteiger partial charge in [-0.25, -0.2) is 9.37 Å². The number of nitrogens with zero attached hydrogens (tertiary/aromatic N) is 3. The fourth-order valence-electron chi connectivity index (χ4n) is 1.80. The summed E-state index contributed by atoms with van der Waals surface area (Å²) in [5.74, 6) is -0.208. The summed E-state index contributed by atoms with van der Waals surface area (Å²) in [6.45, 7) is 0. The Balaban J connectivity index is 2.21. The average Bonchev–Trinajstić information content (AvgIpc) is 2.39. The lowest BCUT2D eigenvalue weighted by atomic mass is 10.3. The number of sulfonamides is 1. The highest BCUT2D eigenvalue weighted by Crippen LogP contribution is 2.32. The number of hydrogen-bond acceptors (Lipinski definition) is 4. The standard InChI is InChI=1S/C12H8FN3O2S/c13-9-3-1-4-10(7-9)16-8-15-19(17,18)11-5-2-6-14-12(11)16/h1-8H. The number of anilines is 2. The Kier molecular flexibility index (Phi) is 2.56. The van der Waals surface area contributed by atoms with E-state index in [0.717, 1.165) is 6.34 Å². The van der Waals surface area contributed by atoms with E-state index in [9.17, 15) is 12.8 Å². The van der Waals surface area contributed by atoms with Crippen molar-refractivity contribution in [3.05, 3.63) is 48.4 Å². The molecule has 0 fully saturated rings. The smallest absolute Gasteiger partial charge is 0.283 e. The maximum Gasteiger partial charge on any atom is 0.287 e. The van der Waals surface area contributed by atoms with Crippen LogP contribution in [-0.2, 0) is 10.0 Å². The van der Waals surface area contributed by atoms with Gasteiger partial charge >= 0.3 is 0 Å². The first kappa shape index (κ1) is 11.8. The van der Waals surface area contributed by atoms with Crippen LogP contribution >= 0.6 is 0 Å². The number of pyridine rings is 1. The Hall–Kier alpha value is -2.28. The van der Waals surface area contributed by atoms with E-state index in [1.807, 2.05) is 0 Å². The molecule has 2 heterocycles.